The Morgan fingerprint density at radius 3 is 2.54 bits per heavy atom. The number of hydrogen-bond donors (Lipinski definition) is 4. The molecule has 35 heavy (non-hydrogen) atoms. The van der Waals surface area contributed by atoms with Crippen molar-refractivity contribution >= 4 is 39.6 Å². The largest absolute Gasteiger partial charge is 0.497 e. The average Bonchev–Trinajstić information content (AvgIpc) is 3.29. The first-order valence-corrected chi connectivity index (χ1v) is 11.2. The second-order valence-electron chi connectivity index (χ2n) is 8.08. The van der Waals surface area contributed by atoms with E-state index in [0.717, 1.165) is 55.8 Å². The minimum absolute atomic E-state index is 0.567. The highest BCUT2D eigenvalue weighted by Crippen LogP contribution is 2.34. The molecule has 2 heterocycles. The van der Waals surface area contributed by atoms with E-state index in [4.69, 9.17) is 14.9 Å². The number of nitrogens with zero attached hydrogens (tertiary/aromatic N) is 1. The first kappa shape index (κ1) is 22.2. The summed E-state index contributed by atoms with van der Waals surface area (Å²) in [5, 5.41) is 14.3. The van der Waals surface area contributed by atoms with Crippen molar-refractivity contribution in [2.75, 3.05) is 12.4 Å². The number of carbonyl (C=O) groups is 1. The van der Waals surface area contributed by atoms with Crippen molar-refractivity contribution in [3.63, 3.8) is 0 Å². The molecule has 3 aromatic carbocycles. The molecule has 0 aliphatic heterocycles. The standard InChI is InChI=1S/C28H24N4O3/c1-35-21-13-11-20(12-14-21)27-28-23(22-4-2-3-5-24(22)30-28)16-25(31-27)29-17-19-8-6-18(7-9-19)10-15-26(33)32-34/h2-16,30,34H,17H2,1H3,(H,29,31)(H,32,33)/b15-10+. The van der Waals surface area contributed by atoms with Crippen LogP contribution in [0.3, 0.4) is 0 Å². The third-order valence-electron chi connectivity index (χ3n) is 5.85. The van der Waals surface area contributed by atoms with E-state index in [9.17, 15) is 4.79 Å². The number of para-hydroxylation sites is 1. The van der Waals surface area contributed by atoms with E-state index < -0.39 is 5.91 Å². The summed E-state index contributed by atoms with van der Waals surface area (Å²) in [5.41, 5.74) is 7.42. The first-order valence-electron chi connectivity index (χ1n) is 11.2. The highest BCUT2D eigenvalue weighted by Gasteiger charge is 2.13. The summed E-state index contributed by atoms with van der Waals surface area (Å²) in [4.78, 5) is 19.6. The number of rotatable bonds is 7. The lowest BCUT2D eigenvalue weighted by Gasteiger charge is -2.11. The molecule has 0 spiro atoms. The van der Waals surface area contributed by atoms with Crippen molar-refractivity contribution in [3.05, 3.63) is 96.1 Å². The maximum Gasteiger partial charge on any atom is 0.267 e. The molecule has 0 unspecified atom stereocenters. The number of hydrogen-bond acceptors (Lipinski definition) is 5. The van der Waals surface area contributed by atoms with Crippen LogP contribution < -0.4 is 15.5 Å². The Labute approximate surface area is 202 Å². The van der Waals surface area contributed by atoms with E-state index in [-0.39, 0.29) is 0 Å². The number of H-pyrrole nitrogens is 1. The molecule has 0 fully saturated rings. The molecule has 4 N–H and O–H groups in total. The van der Waals surface area contributed by atoms with Gasteiger partial charge in [-0.1, -0.05) is 42.5 Å². The van der Waals surface area contributed by atoms with Crippen LogP contribution in [0.1, 0.15) is 11.1 Å². The van der Waals surface area contributed by atoms with Crippen LogP contribution in [-0.4, -0.2) is 28.2 Å². The van der Waals surface area contributed by atoms with Crippen LogP contribution in [-0.2, 0) is 11.3 Å². The zero-order valence-corrected chi connectivity index (χ0v) is 19.1. The van der Waals surface area contributed by atoms with Gasteiger partial charge >= 0.3 is 0 Å². The Bertz CT molecular complexity index is 1520. The van der Waals surface area contributed by atoms with E-state index >= 15 is 0 Å². The smallest absolute Gasteiger partial charge is 0.267 e. The molecule has 0 bridgehead atoms. The van der Waals surface area contributed by atoms with Gasteiger partial charge in [-0.15, -0.1) is 0 Å². The molecule has 0 atom stereocenters. The molecule has 0 aliphatic rings. The molecule has 0 aliphatic carbocycles. The summed E-state index contributed by atoms with van der Waals surface area (Å²) in [7, 11) is 1.66. The number of pyridine rings is 1. The Balaban J connectivity index is 1.46. The number of aromatic nitrogens is 2. The van der Waals surface area contributed by atoms with Gasteiger partial charge in [-0.3, -0.25) is 10.0 Å². The fourth-order valence-corrected chi connectivity index (χ4v) is 4.04. The summed E-state index contributed by atoms with van der Waals surface area (Å²) in [6, 6.07) is 26.0. The summed E-state index contributed by atoms with van der Waals surface area (Å²) < 4.78 is 5.32. The predicted molar refractivity (Wildman–Crippen MR) is 138 cm³/mol. The molecular formula is C28H24N4O3. The van der Waals surface area contributed by atoms with Gasteiger partial charge in [0.15, 0.2) is 0 Å². The number of benzene rings is 3. The van der Waals surface area contributed by atoms with Crippen LogP contribution in [0.4, 0.5) is 5.82 Å². The Morgan fingerprint density at radius 1 is 1.03 bits per heavy atom. The molecule has 0 saturated carbocycles. The SMILES string of the molecule is COc1ccc(-c2nc(NCc3ccc(/C=C/C(=O)NO)cc3)cc3c2[nH]c2ccccc23)cc1. The van der Waals surface area contributed by atoms with Crippen LogP contribution in [0.25, 0.3) is 39.1 Å². The highest BCUT2D eigenvalue weighted by atomic mass is 16.5. The minimum Gasteiger partial charge on any atom is -0.497 e. The van der Waals surface area contributed by atoms with Gasteiger partial charge in [-0.05, 0) is 53.6 Å². The van der Waals surface area contributed by atoms with E-state index in [2.05, 4.69) is 28.5 Å². The number of amides is 1. The highest BCUT2D eigenvalue weighted by molar-refractivity contribution is 6.11. The lowest BCUT2D eigenvalue weighted by molar-refractivity contribution is -0.124. The van der Waals surface area contributed by atoms with E-state index in [1.54, 1.807) is 18.7 Å². The number of nitrogens with one attached hydrogen (secondary N) is 3. The quantitative estimate of drug-likeness (QED) is 0.144. The molecule has 0 radical (unpaired) electrons. The van der Waals surface area contributed by atoms with Crippen LogP contribution >= 0.6 is 0 Å². The lowest BCUT2D eigenvalue weighted by Crippen LogP contribution is -2.14. The molecule has 2 aromatic heterocycles. The van der Waals surface area contributed by atoms with E-state index in [1.165, 1.54) is 6.08 Å². The van der Waals surface area contributed by atoms with Crippen LogP contribution in [0, 0.1) is 0 Å². The molecule has 7 nitrogen and oxygen atoms in total. The normalized spacial score (nSPS) is 11.3. The molecular weight excluding hydrogens is 440 g/mol. The number of anilines is 1. The van der Waals surface area contributed by atoms with Gasteiger partial charge < -0.3 is 15.0 Å². The molecule has 7 heteroatoms. The van der Waals surface area contributed by atoms with Crippen molar-refractivity contribution in [1.82, 2.24) is 15.4 Å². The van der Waals surface area contributed by atoms with Gasteiger partial charge in [-0.25, -0.2) is 10.5 Å². The zero-order valence-electron chi connectivity index (χ0n) is 19.1. The minimum atomic E-state index is -0.567. The lowest BCUT2D eigenvalue weighted by atomic mass is 10.1. The zero-order chi connectivity index (χ0) is 24.2. The van der Waals surface area contributed by atoms with Gasteiger partial charge in [0.05, 0.1) is 18.3 Å². The third-order valence-corrected chi connectivity index (χ3v) is 5.85. The average molecular weight is 465 g/mol. The summed E-state index contributed by atoms with van der Waals surface area (Å²) in [6.45, 7) is 0.587. The monoisotopic (exact) mass is 464 g/mol. The molecule has 1 amide bonds. The maximum absolute atomic E-state index is 11.2. The van der Waals surface area contributed by atoms with Crippen molar-refractivity contribution < 1.29 is 14.7 Å². The van der Waals surface area contributed by atoms with E-state index in [0.29, 0.717) is 6.54 Å². The first-order chi connectivity index (χ1) is 17.1. The van der Waals surface area contributed by atoms with Crippen molar-refractivity contribution in [2.24, 2.45) is 0 Å². The third kappa shape index (κ3) is 4.71. The number of aromatic amines is 1. The Hall–Kier alpha value is -4.62. The van der Waals surface area contributed by atoms with Gasteiger partial charge in [0.1, 0.15) is 11.6 Å². The molecule has 5 rings (SSSR count). The van der Waals surface area contributed by atoms with Crippen molar-refractivity contribution in [3.8, 4) is 17.0 Å². The van der Waals surface area contributed by atoms with Gasteiger partial charge in [0, 0.05) is 34.5 Å². The number of ether oxygens (including phenoxy) is 1. The van der Waals surface area contributed by atoms with Crippen LogP contribution in [0.15, 0.2) is 84.9 Å². The fourth-order valence-electron chi connectivity index (χ4n) is 4.04. The fraction of sp³-hybridized carbons (Fsp3) is 0.0714. The Kier molecular flexibility index (Phi) is 6.15. The van der Waals surface area contributed by atoms with Crippen LogP contribution in [0.5, 0.6) is 5.75 Å². The molecule has 5 aromatic rings. The Morgan fingerprint density at radius 2 is 1.80 bits per heavy atom. The maximum atomic E-state index is 11.2. The van der Waals surface area contributed by atoms with Crippen molar-refractivity contribution in [2.45, 2.75) is 6.54 Å². The van der Waals surface area contributed by atoms with Gasteiger partial charge in [0.25, 0.3) is 5.91 Å². The summed E-state index contributed by atoms with van der Waals surface area (Å²) in [5.74, 6) is 1.00. The number of hydroxylamine groups is 1. The number of carbonyl (C=O) groups excluding carboxylic acids is 1. The number of fused-ring (bicyclic) bond motifs is 3. The molecule has 174 valence electrons. The summed E-state index contributed by atoms with van der Waals surface area (Å²) >= 11 is 0. The predicted octanol–water partition coefficient (Wildman–Crippen LogP) is 5.52. The van der Waals surface area contributed by atoms with Gasteiger partial charge in [-0.2, -0.15) is 0 Å². The second kappa shape index (κ2) is 9.70. The van der Waals surface area contributed by atoms with Gasteiger partial charge in [0.2, 0.25) is 0 Å². The topological polar surface area (TPSA) is 99.3 Å². The van der Waals surface area contributed by atoms with Crippen molar-refractivity contribution in [1.29, 1.82) is 0 Å². The number of methoxy groups -OCH3 is 1. The second-order valence-corrected chi connectivity index (χ2v) is 8.08. The summed E-state index contributed by atoms with van der Waals surface area (Å²) in [6.07, 6.45) is 2.91. The van der Waals surface area contributed by atoms with Crippen LogP contribution in [0.2, 0.25) is 0 Å². The van der Waals surface area contributed by atoms with E-state index in [1.807, 2.05) is 60.7 Å². The molecule has 0 saturated heterocycles.